The highest BCUT2D eigenvalue weighted by atomic mass is 32.2. The van der Waals surface area contributed by atoms with Crippen LogP contribution in [0.15, 0.2) is 16.3 Å². The number of carbonyl (C=O) groups is 1. The number of hydrogen-bond acceptors (Lipinski definition) is 5. The molecule has 1 aromatic rings. The molecule has 1 aliphatic carbocycles. The Morgan fingerprint density at radius 1 is 1.23 bits per heavy atom. The van der Waals surface area contributed by atoms with Crippen LogP contribution in [0.25, 0.3) is 0 Å². The van der Waals surface area contributed by atoms with E-state index in [-0.39, 0.29) is 16.2 Å². The van der Waals surface area contributed by atoms with E-state index in [1.807, 2.05) is 0 Å². The average Bonchev–Trinajstić information content (AvgIpc) is 3.14. The molecule has 2 aliphatic rings. The molecule has 0 bridgehead atoms. The van der Waals surface area contributed by atoms with Crippen LogP contribution in [0.3, 0.4) is 0 Å². The molecule has 2 fully saturated rings. The molecule has 2 heterocycles. The van der Waals surface area contributed by atoms with Gasteiger partial charge in [0.05, 0.1) is 4.88 Å². The molecule has 146 valence electrons. The molecule has 1 aromatic heterocycles. The van der Waals surface area contributed by atoms with Crippen LogP contribution in [-0.4, -0.2) is 44.3 Å². The van der Waals surface area contributed by atoms with Gasteiger partial charge >= 0.3 is 0 Å². The largest absolute Gasteiger partial charge is 0.348 e. The molecule has 8 heteroatoms. The summed E-state index contributed by atoms with van der Waals surface area (Å²) in [5.41, 5.74) is 5.83. The second-order valence-corrected chi connectivity index (χ2v) is 10.8. The van der Waals surface area contributed by atoms with Crippen molar-refractivity contribution in [1.29, 1.82) is 0 Å². The Morgan fingerprint density at radius 3 is 2.62 bits per heavy atom. The van der Waals surface area contributed by atoms with Crippen molar-refractivity contribution in [2.75, 3.05) is 19.6 Å². The fraction of sp³-hybridized carbons (Fsp3) is 0.722. The van der Waals surface area contributed by atoms with Gasteiger partial charge < -0.3 is 11.1 Å². The summed E-state index contributed by atoms with van der Waals surface area (Å²) in [5, 5.41) is 3.07. The van der Waals surface area contributed by atoms with Gasteiger partial charge in [-0.25, -0.2) is 8.42 Å². The molecule has 3 N–H and O–H groups in total. The van der Waals surface area contributed by atoms with E-state index in [1.165, 1.54) is 0 Å². The Balaban J connectivity index is 1.67. The van der Waals surface area contributed by atoms with Crippen molar-refractivity contribution >= 4 is 27.3 Å². The molecule has 6 nitrogen and oxygen atoms in total. The molecule has 1 saturated heterocycles. The summed E-state index contributed by atoms with van der Waals surface area (Å²) in [7, 11) is -3.49. The first kappa shape index (κ1) is 19.8. The first-order valence-electron chi connectivity index (χ1n) is 9.52. The van der Waals surface area contributed by atoms with E-state index in [0.29, 0.717) is 36.3 Å². The third-order valence-electron chi connectivity index (χ3n) is 5.67. The molecular formula is C18H29N3O3S2. The molecule has 26 heavy (non-hydrogen) atoms. The van der Waals surface area contributed by atoms with Gasteiger partial charge in [-0.05, 0) is 56.2 Å². The van der Waals surface area contributed by atoms with Crippen molar-refractivity contribution < 1.29 is 13.2 Å². The van der Waals surface area contributed by atoms with E-state index < -0.39 is 10.0 Å². The summed E-state index contributed by atoms with van der Waals surface area (Å²) in [5.74, 6) is 0.692. The minimum atomic E-state index is -3.49. The number of sulfonamides is 1. The number of amides is 1. The Hall–Kier alpha value is -0.960. The lowest BCUT2D eigenvalue weighted by Gasteiger charge is -2.31. The minimum Gasteiger partial charge on any atom is -0.348 e. The SMILES string of the molecule is CC1CCN(S(=O)(=O)c2ccc(C(=O)NC3CCCCC3CN)s2)CC1. The van der Waals surface area contributed by atoms with Crippen molar-refractivity contribution in [2.45, 2.75) is 55.7 Å². The molecule has 1 saturated carbocycles. The molecule has 1 amide bonds. The summed E-state index contributed by atoms with van der Waals surface area (Å²) in [6.45, 7) is 3.84. The Bertz CT molecular complexity index is 724. The van der Waals surface area contributed by atoms with Gasteiger partial charge in [-0.3, -0.25) is 4.79 Å². The van der Waals surface area contributed by atoms with Crippen molar-refractivity contribution in [3.8, 4) is 0 Å². The Kier molecular flexibility index (Phi) is 6.37. The molecule has 2 atom stereocenters. The van der Waals surface area contributed by atoms with Gasteiger partial charge in [0.15, 0.2) is 0 Å². The second-order valence-electron chi connectivity index (χ2n) is 7.57. The van der Waals surface area contributed by atoms with Gasteiger partial charge in [-0.15, -0.1) is 11.3 Å². The van der Waals surface area contributed by atoms with Gasteiger partial charge in [0.1, 0.15) is 4.21 Å². The lowest BCUT2D eigenvalue weighted by molar-refractivity contribution is 0.0912. The van der Waals surface area contributed by atoms with Gasteiger partial charge in [0.2, 0.25) is 0 Å². The zero-order valence-corrected chi connectivity index (χ0v) is 16.9. The van der Waals surface area contributed by atoms with Crippen LogP contribution in [0.2, 0.25) is 0 Å². The molecular weight excluding hydrogens is 370 g/mol. The van der Waals surface area contributed by atoms with Crippen LogP contribution < -0.4 is 11.1 Å². The molecule has 2 unspecified atom stereocenters. The summed E-state index contributed by atoms with van der Waals surface area (Å²) in [6, 6.07) is 3.28. The first-order chi connectivity index (χ1) is 12.4. The van der Waals surface area contributed by atoms with E-state index in [4.69, 9.17) is 5.73 Å². The first-order valence-corrected chi connectivity index (χ1v) is 11.8. The van der Waals surface area contributed by atoms with Crippen molar-refractivity contribution in [2.24, 2.45) is 17.6 Å². The molecule has 0 radical (unpaired) electrons. The predicted octanol–water partition coefficient (Wildman–Crippen LogP) is 2.42. The summed E-state index contributed by atoms with van der Waals surface area (Å²) in [4.78, 5) is 13.0. The Labute approximate surface area is 160 Å². The number of rotatable bonds is 5. The molecule has 3 rings (SSSR count). The highest BCUT2D eigenvalue weighted by Gasteiger charge is 2.31. The second kappa shape index (κ2) is 8.37. The van der Waals surface area contributed by atoms with E-state index >= 15 is 0 Å². The number of carbonyl (C=O) groups excluding carboxylic acids is 1. The van der Waals surface area contributed by atoms with Gasteiger partial charge in [-0.1, -0.05) is 19.8 Å². The standard InChI is InChI=1S/C18H29N3O3S2/c1-13-8-10-21(11-9-13)26(23,24)17-7-6-16(25-17)18(22)20-15-5-3-2-4-14(15)12-19/h6-7,13-15H,2-5,8-12,19H2,1H3,(H,20,22). The Morgan fingerprint density at radius 2 is 1.92 bits per heavy atom. The van der Waals surface area contributed by atoms with Crippen LogP contribution in [0, 0.1) is 11.8 Å². The summed E-state index contributed by atoms with van der Waals surface area (Å²) >= 11 is 1.07. The fourth-order valence-electron chi connectivity index (χ4n) is 3.85. The van der Waals surface area contributed by atoms with Gasteiger partial charge in [0, 0.05) is 19.1 Å². The zero-order chi connectivity index (χ0) is 18.7. The third kappa shape index (κ3) is 4.30. The van der Waals surface area contributed by atoms with E-state index in [1.54, 1.807) is 16.4 Å². The predicted molar refractivity (Wildman–Crippen MR) is 104 cm³/mol. The van der Waals surface area contributed by atoms with Gasteiger partial charge in [0.25, 0.3) is 15.9 Å². The number of nitrogens with zero attached hydrogens (tertiary/aromatic N) is 1. The highest BCUT2D eigenvalue weighted by Crippen LogP contribution is 2.29. The monoisotopic (exact) mass is 399 g/mol. The summed E-state index contributed by atoms with van der Waals surface area (Å²) < 4.78 is 27.4. The maximum atomic E-state index is 12.8. The number of hydrogen-bond donors (Lipinski definition) is 2. The fourth-order valence-corrected chi connectivity index (χ4v) is 6.69. The van der Waals surface area contributed by atoms with E-state index in [9.17, 15) is 13.2 Å². The molecule has 1 aliphatic heterocycles. The third-order valence-corrected chi connectivity index (χ3v) is 9.12. The van der Waals surface area contributed by atoms with Gasteiger partial charge in [-0.2, -0.15) is 4.31 Å². The number of nitrogens with one attached hydrogen (secondary N) is 1. The van der Waals surface area contributed by atoms with Crippen LogP contribution in [0.4, 0.5) is 0 Å². The lowest BCUT2D eigenvalue weighted by atomic mass is 9.84. The molecule has 0 spiro atoms. The van der Waals surface area contributed by atoms with Crippen molar-refractivity contribution in [1.82, 2.24) is 9.62 Å². The quantitative estimate of drug-likeness (QED) is 0.795. The zero-order valence-electron chi connectivity index (χ0n) is 15.3. The molecule has 0 aromatic carbocycles. The highest BCUT2D eigenvalue weighted by molar-refractivity contribution is 7.91. The maximum absolute atomic E-state index is 12.8. The number of piperidine rings is 1. The topological polar surface area (TPSA) is 92.5 Å². The number of thiophene rings is 1. The van der Waals surface area contributed by atoms with Crippen molar-refractivity contribution in [3.05, 3.63) is 17.0 Å². The maximum Gasteiger partial charge on any atom is 0.261 e. The van der Waals surface area contributed by atoms with E-state index in [0.717, 1.165) is 49.9 Å². The van der Waals surface area contributed by atoms with Crippen LogP contribution in [0.1, 0.15) is 55.1 Å². The lowest BCUT2D eigenvalue weighted by Crippen LogP contribution is -2.44. The van der Waals surface area contributed by atoms with E-state index in [2.05, 4.69) is 12.2 Å². The van der Waals surface area contributed by atoms with Crippen LogP contribution >= 0.6 is 11.3 Å². The normalized spacial score (nSPS) is 25.9. The van der Waals surface area contributed by atoms with Crippen LogP contribution in [0.5, 0.6) is 0 Å². The average molecular weight is 400 g/mol. The van der Waals surface area contributed by atoms with Crippen LogP contribution in [-0.2, 0) is 10.0 Å². The number of nitrogens with two attached hydrogens (primary N) is 1. The smallest absolute Gasteiger partial charge is 0.261 e. The van der Waals surface area contributed by atoms with Crippen molar-refractivity contribution in [3.63, 3.8) is 0 Å². The minimum absolute atomic E-state index is 0.0898. The summed E-state index contributed by atoms with van der Waals surface area (Å²) in [6.07, 6.45) is 6.01.